The molecule has 1 fully saturated rings. The van der Waals surface area contributed by atoms with Crippen molar-refractivity contribution in [3.8, 4) is 0 Å². The number of aryl methyl sites for hydroxylation is 1. The minimum absolute atomic E-state index is 0.246. The van der Waals surface area contributed by atoms with Crippen LogP contribution in [0.25, 0.3) is 0 Å². The molecule has 1 heterocycles. The number of benzene rings is 2. The third-order valence-electron chi connectivity index (χ3n) is 4.78. The first kappa shape index (κ1) is 18.9. The highest BCUT2D eigenvalue weighted by Gasteiger charge is 2.31. The number of hydrogen-bond acceptors (Lipinski definition) is 4. The molecule has 6 heteroatoms. The SMILES string of the molecule is CCc1ccc(S(=O)(=O)N2CCOC(c3ccc(N(C)C)cc3)C2)cc1. The van der Waals surface area contributed by atoms with Gasteiger partial charge in [0.15, 0.2) is 0 Å². The fourth-order valence-corrected chi connectivity index (χ4v) is 4.50. The van der Waals surface area contributed by atoms with Gasteiger partial charge in [-0.1, -0.05) is 31.2 Å². The largest absolute Gasteiger partial charge is 0.378 e. The summed E-state index contributed by atoms with van der Waals surface area (Å²) in [5.41, 5.74) is 3.23. The van der Waals surface area contributed by atoms with Crippen molar-refractivity contribution in [3.05, 3.63) is 59.7 Å². The number of sulfonamides is 1. The molecule has 0 radical (unpaired) electrons. The maximum atomic E-state index is 13.0. The van der Waals surface area contributed by atoms with Crippen LogP contribution in [0, 0.1) is 0 Å². The fourth-order valence-electron chi connectivity index (χ4n) is 3.08. The fraction of sp³-hybridized carbons (Fsp3) is 0.400. The molecular formula is C20H26N2O3S. The average molecular weight is 375 g/mol. The van der Waals surface area contributed by atoms with Gasteiger partial charge in [-0.2, -0.15) is 4.31 Å². The Hall–Kier alpha value is -1.89. The summed E-state index contributed by atoms with van der Waals surface area (Å²) in [5.74, 6) is 0. The van der Waals surface area contributed by atoms with Gasteiger partial charge in [-0.3, -0.25) is 0 Å². The lowest BCUT2D eigenvalue weighted by atomic mass is 10.1. The lowest BCUT2D eigenvalue weighted by molar-refractivity contribution is -0.00254. The lowest BCUT2D eigenvalue weighted by Gasteiger charge is -2.32. The second kappa shape index (κ2) is 7.78. The molecule has 140 valence electrons. The molecule has 1 unspecified atom stereocenters. The second-order valence-corrected chi connectivity index (χ2v) is 8.64. The van der Waals surface area contributed by atoms with Gasteiger partial charge < -0.3 is 9.64 Å². The molecule has 0 aromatic heterocycles. The molecule has 0 N–H and O–H groups in total. The van der Waals surface area contributed by atoms with Gasteiger partial charge in [0.1, 0.15) is 0 Å². The van der Waals surface area contributed by atoms with Crippen LogP contribution in [0.4, 0.5) is 5.69 Å². The Balaban J connectivity index is 1.78. The van der Waals surface area contributed by atoms with Gasteiger partial charge in [0.2, 0.25) is 10.0 Å². The molecule has 3 rings (SSSR count). The molecule has 0 bridgehead atoms. The van der Waals surface area contributed by atoms with E-state index in [1.54, 1.807) is 12.1 Å². The number of hydrogen-bond donors (Lipinski definition) is 0. The van der Waals surface area contributed by atoms with Gasteiger partial charge in [-0.05, 0) is 41.8 Å². The summed E-state index contributed by atoms with van der Waals surface area (Å²) >= 11 is 0. The Bertz CT molecular complexity index is 830. The van der Waals surface area contributed by atoms with Gasteiger partial charge in [-0.25, -0.2) is 8.42 Å². The maximum absolute atomic E-state index is 13.0. The van der Waals surface area contributed by atoms with Crippen LogP contribution in [0.15, 0.2) is 53.4 Å². The third kappa shape index (κ3) is 3.92. The molecule has 2 aromatic rings. The Kier molecular flexibility index (Phi) is 5.65. The molecule has 5 nitrogen and oxygen atoms in total. The van der Waals surface area contributed by atoms with Crippen LogP contribution < -0.4 is 4.90 Å². The van der Waals surface area contributed by atoms with Crippen LogP contribution in [0.5, 0.6) is 0 Å². The molecule has 26 heavy (non-hydrogen) atoms. The molecule has 1 atom stereocenters. The molecule has 1 aliphatic heterocycles. The van der Waals surface area contributed by atoms with Crippen molar-refractivity contribution in [1.82, 2.24) is 4.31 Å². The molecule has 2 aromatic carbocycles. The van der Waals surface area contributed by atoms with E-state index >= 15 is 0 Å². The van der Waals surface area contributed by atoms with Crippen molar-refractivity contribution in [2.75, 3.05) is 38.7 Å². The van der Waals surface area contributed by atoms with Crippen molar-refractivity contribution in [2.45, 2.75) is 24.3 Å². The van der Waals surface area contributed by atoms with E-state index in [9.17, 15) is 8.42 Å². The summed E-state index contributed by atoms with van der Waals surface area (Å²) in [6.07, 6.45) is 0.646. The molecular weight excluding hydrogens is 348 g/mol. The minimum atomic E-state index is -3.50. The van der Waals surface area contributed by atoms with E-state index in [1.165, 1.54) is 4.31 Å². The summed E-state index contributed by atoms with van der Waals surface area (Å²) in [6, 6.07) is 15.2. The Morgan fingerprint density at radius 3 is 2.31 bits per heavy atom. The van der Waals surface area contributed by atoms with E-state index in [2.05, 4.69) is 6.92 Å². The molecule has 0 amide bonds. The van der Waals surface area contributed by atoms with Crippen molar-refractivity contribution in [3.63, 3.8) is 0 Å². The number of anilines is 1. The van der Waals surface area contributed by atoms with Crippen LogP contribution in [-0.4, -0.2) is 46.5 Å². The minimum Gasteiger partial charge on any atom is -0.378 e. The Morgan fingerprint density at radius 2 is 1.73 bits per heavy atom. The average Bonchev–Trinajstić information content (AvgIpc) is 2.68. The zero-order valence-corrected chi connectivity index (χ0v) is 16.4. The van der Waals surface area contributed by atoms with Crippen LogP contribution >= 0.6 is 0 Å². The van der Waals surface area contributed by atoms with Crippen LogP contribution in [0.3, 0.4) is 0 Å². The first-order valence-electron chi connectivity index (χ1n) is 8.90. The molecule has 0 spiro atoms. The maximum Gasteiger partial charge on any atom is 0.243 e. The zero-order chi connectivity index (χ0) is 18.7. The second-order valence-electron chi connectivity index (χ2n) is 6.71. The van der Waals surface area contributed by atoms with Gasteiger partial charge in [-0.15, -0.1) is 0 Å². The predicted molar refractivity (Wildman–Crippen MR) is 104 cm³/mol. The van der Waals surface area contributed by atoms with Crippen molar-refractivity contribution >= 4 is 15.7 Å². The highest BCUT2D eigenvalue weighted by Crippen LogP contribution is 2.27. The van der Waals surface area contributed by atoms with Crippen LogP contribution in [0.2, 0.25) is 0 Å². The topological polar surface area (TPSA) is 49.9 Å². The normalized spacial score (nSPS) is 18.7. The molecule has 0 saturated carbocycles. The first-order chi connectivity index (χ1) is 12.4. The van der Waals surface area contributed by atoms with Gasteiger partial charge >= 0.3 is 0 Å². The Labute approximate surface area is 156 Å². The monoisotopic (exact) mass is 374 g/mol. The first-order valence-corrected chi connectivity index (χ1v) is 10.3. The van der Waals surface area contributed by atoms with E-state index in [4.69, 9.17) is 4.74 Å². The highest BCUT2D eigenvalue weighted by atomic mass is 32.2. The summed E-state index contributed by atoms with van der Waals surface area (Å²) in [4.78, 5) is 2.38. The summed E-state index contributed by atoms with van der Waals surface area (Å²) in [6.45, 7) is 3.16. The van der Waals surface area contributed by atoms with Gasteiger partial charge in [0, 0.05) is 32.9 Å². The van der Waals surface area contributed by atoms with E-state index in [-0.39, 0.29) is 6.10 Å². The van der Waals surface area contributed by atoms with Crippen molar-refractivity contribution in [1.29, 1.82) is 0 Å². The summed E-state index contributed by atoms with van der Waals surface area (Å²) in [7, 11) is 0.476. The standard InChI is InChI=1S/C20H26N2O3S/c1-4-16-5-11-19(12-6-16)26(23,24)22-13-14-25-20(15-22)17-7-9-18(10-8-17)21(2)3/h5-12,20H,4,13-15H2,1-3H3. The van der Waals surface area contributed by atoms with E-state index in [0.29, 0.717) is 24.6 Å². The van der Waals surface area contributed by atoms with E-state index in [0.717, 1.165) is 23.2 Å². The van der Waals surface area contributed by atoms with Crippen LogP contribution in [-0.2, 0) is 21.2 Å². The summed E-state index contributed by atoms with van der Waals surface area (Å²) < 4.78 is 33.3. The van der Waals surface area contributed by atoms with Crippen molar-refractivity contribution in [2.24, 2.45) is 0 Å². The quantitative estimate of drug-likeness (QED) is 0.807. The Morgan fingerprint density at radius 1 is 1.08 bits per heavy atom. The van der Waals surface area contributed by atoms with Gasteiger partial charge in [0.25, 0.3) is 0 Å². The molecule has 1 saturated heterocycles. The number of morpholine rings is 1. The molecule has 0 aliphatic carbocycles. The van der Waals surface area contributed by atoms with E-state index < -0.39 is 10.0 Å². The summed E-state index contributed by atoms with van der Waals surface area (Å²) in [5, 5.41) is 0. The number of rotatable bonds is 5. The van der Waals surface area contributed by atoms with Gasteiger partial charge in [0.05, 0.1) is 17.6 Å². The van der Waals surface area contributed by atoms with Crippen molar-refractivity contribution < 1.29 is 13.2 Å². The lowest BCUT2D eigenvalue weighted by Crippen LogP contribution is -2.42. The zero-order valence-electron chi connectivity index (χ0n) is 15.6. The predicted octanol–water partition coefficient (Wildman–Crippen LogP) is 3.08. The number of nitrogens with zero attached hydrogens (tertiary/aromatic N) is 2. The molecule has 1 aliphatic rings. The smallest absolute Gasteiger partial charge is 0.243 e. The number of ether oxygens (including phenoxy) is 1. The third-order valence-corrected chi connectivity index (χ3v) is 6.66. The van der Waals surface area contributed by atoms with Crippen LogP contribution in [0.1, 0.15) is 24.2 Å². The highest BCUT2D eigenvalue weighted by molar-refractivity contribution is 7.89. The van der Waals surface area contributed by atoms with E-state index in [1.807, 2.05) is 55.4 Å².